The molecule has 0 spiro atoms. The van der Waals surface area contributed by atoms with Gasteiger partial charge in [-0.15, -0.1) is 0 Å². The van der Waals surface area contributed by atoms with Crippen molar-refractivity contribution in [1.82, 2.24) is 15.1 Å². The monoisotopic (exact) mass is 284 g/mol. The van der Waals surface area contributed by atoms with Crippen LogP contribution in [0.5, 0.6) is 0 Å². The van der Waals surface area contributed by atoms with E-state index in [1.165, 1.54) is 17.1 Å². The topological polar surface area (TPSA) is 148 Å². The lowest BCUT2D eigenvalue weighted by molar-refractivity contribution is -0.143. The first-order valence-electron chi connectivity index (χ1n) is 5.80. The lowest BCUT2D eigenvalue weighted by atomic mass is 10.1. The van der Waals surface area contributed by atoms with Crippen LogP contribution < -0.4 is 11.1 Å². The van der Waals surface area contributed by atoms with Crippen LogP contribution in [0.2, 0.25) is 0 Å². The fraction of sp³-hybridized carbons (Fsp3) is 0.455. The number of carbonyl (C=O) groups excluding carboxylic acids is 1. The van der Waals surface area contributed by atoms with Crippen molar-refractivity contribution < 1.29 is 24.6 Å². The van der Waals surface area contributed by atoms with Crippen LogP contribution in [-0.2, 0) is 21.4 Å². The summed E-state index contributed by atoms with van der Waals surface area (Å²) in [6.45, 7) is 0. The minimum absolute atomic E-state index is 0.212. The molecule has 2 atom stereocenters. The molecule has 20 heavy (non-hydrogen) atoms. The van der Waals surface area contributed by atoms with Gasteiger partial charge in [0.1, 0.15) is 12.1 Å². The van der Waals surface area contributed by atoms with E-state index in [0.717, 1.165) is 0 Å². The molecule has 1 heterocycles. The number of hydrogen-bond donors (Lipinski definition) is 4. The number of aromatic nitrogens is 2. The second kappa shape index (κ2) is 6.66. The summed E-state index contributed by atoms with van der Waals surface area (Å²) in [7, 11) is 1.65. The Kier molecular flexibility index (Phi) is 5.21. The zero-order valence-electron chi connectivity index (χ0n) is 10.8. The van der Waals surface area contributed by atoms with E-state index in [2.05, 4.69) is 10.4 Å². The lowest BCUT2D eigenvalue weighted by Crippen LogP contribution is -2.45. The Morgan fingerprint density at radius 3 is 2.55 bits per heavy atom. The van der Waals surface area contributed by atoms with E-state index in [-0.39, 0.29) is 12.8 Å². The van der Waals surface area contributed by atoms with E-state index in [9.17, 15) is 14.4 Å². The molecule has 1 rings (SSSR count). The van der Waals surface area contributed by atoms with Gasteiger partial charge in [-0.05, 0) is 6.42 Å². The molecule has 1 aromatic heterocycles. The number of aryl methyl sites for hydroxylation is 1. The maximum absolute atomic E-state index is 11.8. The number of hydrogen-bond acceptors (Lipinski definition) is 5. The molecular formula is C11H16N4O5. The summed E-state index contributed by atoms with van der Waals surface area (Å²) in [6, 6.07) is -2.35. The van der Waals surface area contributed by atoms with Crippen LogP contribution in [0.15, 0.2) is 12.4 Å². The highest BCUT2D eigenvalue weighted by Gasteiger charge is 2.25. The van der Waals surface area contributed by atoms with Gasteiger partial charge < -0.3 is 21.3 Å². The minimum atomic E-state index is -1.31. The summed E-state index contributed by atoms with van der Waals surface area (Å²) in [5, 5.41) is 23.5. The number of nitrogens with two attached hydrogens (primary N) is 1. The van der Waals surface area contributed by atoms with Crippen molar-refractivity contribution in [2.24, 2.45) is 12.8 Å². The van der Waals surface area contributed by atoms with E-state index >= 15 is 0 Å². The number of carbonyl (C=O) groups is 3. The fourth-order valence-electron chi connectivity index (χ4n) is 1.54. The summed E-state index contributed by atoms with van der Waals surface area (Å²) in [5.74, 6) is -3.14. The van der Waals surface area contributed by atoms with Crippen molar-refractivity contribution in [3.05, 3.63) is 18.0 Å². The molecule has 9 heteroatoms. The van der Waals surface area contributed by atoms with Gasteiger partial charge in [0.2, 0.25) is 5.91 Å². The minimum Gasteiger partial charge on any atom is -0.481 e. The maximum Gasteiger partial charge on any atom is 0.326 e. The second-order valence-electron chi connectivity index (χ2n) is 4.26. The van der Waals surface area contributed by atoms with Crippen molar-refractivity contribution in [3.8, 4) is 0 Å². The molecule has 0 fully saturated rings. The molecule has 0 bridgehead atoms. The van der Waals surface area contributed by atoms with Gasteiger partial charge in [0.25, 0.3) is 0 Å². The van der Waals surface area contributed by atoms with Gasteiger partial charge in [-0.2, -0.15) is 5.10 Å². The number of amides is 1. The van der Waals surface area contributed by atoms with Crippen LogP contribution in [0.3, 0.4) is 0 Å². The molecule has 9 nitrogen and oxygen atoms in total. The molecule has 0 radical (unpaired) electrons. The van der Waals surface area contributed by atoms with E-state index in [1.54, 1.807) is 7.05 Å². The van der Waals surface area contributed by atoms with Crippen molar-refractivity contribution in [2.75, 3.05) is 0 Å². The van der Waals surface area contributed by atoms with E-state index < -0.39 is 29.9 Å². The first-order chi connectivity index (χ1) is 9.31. The average Bonchev–Trinajstić information content (AvgIpc) is 2.79. The Hall–Kier alpha value is -2.42. The molecule has 1 aromatic rings. The predicted octanol–water partition coefficient (Wildman–Crippen LogP) is -1.15. The summed E-state index contributed by atoms with van der Waals surface area (Å²) >= 11 is 0. The molecule has 0 aliphatic heterocycles. The standard InChI is InChI=1S/C11H16N4O5/c1-15-5-6(4-13-15)9(12)10(18)14-7(11(19)20)2-3-8(16)17/h4-5,7,9H,2-3,12H2,1H3,(H,14,18)(H,16,17)(H,19,20). The zero-order chi connectivity index (χ0) is 15.3. The smallest absolute Gasteiger partial charge is 0.326 e. The number of carboxylic acid groups (broad SMARTS) is 2. The molecule has 110 valence electrons. The van der Waals surface area contributed by atoms with Gasteiger partial charge in [0.05, 0.1) is 6.20 Å². The molecule has 0 aliphatic carbocycles. The van der Waals surface area contributed by atoms with Gasteiger partial charge in [-0.1, -0.05) is 0 Å². The fourth-order valence-corrected chi connectivity index (χ4v) is 1.54. The highest BCUT2D eigenvalue weighted by atomic mass is 16.4. The molecular weight excluding hydrogens is 268 g/mol. The van der Waals surface area contributed by atoms with Crippen molar-refractivity contribution in [2.45, 2.75) is 24.9 Å². The van der Waals surface area contributed by atoms with Crippen LogP contribution >= 0.6 is 0 Å². The quantitative estimate of drug-likeness (QED) is 0.494. The third kappa shape index (κ3) is 4.35. The SMILES string of the molecule is Cn1cc(C(N)C(=O)NC(CCC(=O)O)C(=O)O)cn1. The normalized spacial score (nSPS) is 13.5. The summed E-state index contributed by atoms with van der Waals surface area (Å²) in [5.41, 5.74) is 6.12. The molecule has 5 N–H and O–H groups in total. The Morgan fingerprint density at radius 2 is 2.10 bits per heavy atom. The first-order valence-corrected chi connectivity index (χ1v) is 5.80. The second-order valence-corrected chi connectivity index (χ2v) is 4.26. The van der Waals surface area contributed by atoms with E-state index in [0.29, 0.717) is 5.56 Å². The van der Waals surface area contributed by atoms with Crippen LogP contribution in [0.4, 0.5) is 0 Å². The lowest BCUT2D eigenvalue weighted by Gasteiger charge is -2.16. The largest absolute Gasteiger partial charge is 0.481 e. The van der Waals surface area contributed by atoms with Crippen LogP contribution in [0.25, 0.3) is 0 Å². The molecule has 0 aliphatic rings. The molecule has 1 amide bonds. The summed E-state index contributed by atoms with van der Waals surface area (Å²) in [4.78, 5) is 33.2. The third-order valence-corrected chi connectivity index (χ3v) is 2.63. The highest BCUT2D eigenvalue weighted by molar-refractivity contribution is 5.87. The predicted molar refractivity (Wildman–Crippen MR) is 66.6 cm³/mol. The summed E-state index contributed by atoms with van der Waals surface area (Å²) < 4.78 is 1.46. The zero-order valence-corrected chi connectivity index (χ0v) is 10.8. The van der Waals surface area contributed by atoms with Crippen molar-refractivity contribution in [3.63, 3.8) is 0 Å². The molecule has 2 unspecified atom stereocenters. The molecule has 0 aromatic carbocycles. The Labute approximate surface area is 114 Å². The van der Waals surface area contributed by atoms with Gasteiger partial charge in [0, 0.05) is 25.2 Å². The van der Waals surface area contributed by atoms with Gasteiger partial charge in [-0.25, -0.2) is 4.79 Å². The van der Waals surface area contributed by atoms with Crippen molar-refractivity contribution in [1.29, 1.82) is 0 Å². The first kappa shape index (κ1) is 15.6. The number of carboxylic acids is 2. The van der Waals surface area contributed by atoms with Gasteiger partial charge in [0.15, 0.2) is 0 Å². The Balaban J connectivity index is 2.65. The van der Waals surface area contributed by atoms with Crippen molar-refractivity contribution >= 4 is 17.8 Å². The molecule has 0 saturated carbocycles. The Morgan fingerprint density at radius 1 is 1.45 bits per heavy atom. The van der Waals surface area contributed by atoms with E-state index in [1.807, 2.05) is 0 Å². The average molecular weight is 284 g/mol. The number of nitrogens with one attached hydrogen (secondary N) is 1. The van der Waals surface area contributed by atoms with Gasteiger partial charge in [-0.3, -0.25) is 14.3 Å². The number of aliphatic carboxylic acids is 2. The van der Waals surface area contributed by atoms with Crippen LogP contribution in [0, 0.1) is 0 Å². The maximum atomic E-state index is 11.8. The van der Waals surface area contributed by atoms with Crippen LogP contribution in [0.1, 0.15) is 24.4 Å². The van der Waals surface area contributed by atoms with E-state index in [4.69, 9.17) is 15.9 Å². The highest BCUT2D eigenvalue weighted by Crippen LogP contribution is 2.09. The number of nitrogens with zero attached hydrogens (tertiary/aromatic N) is 2. The summed E-state index contributed by atoms with van der Waals surface area (Å²) in [6.07, 6.45) is 2.37. The third-order valence-electron chi connectivity index (χ3n) is 2.63. The van der Waals surface area contributed by atoms with Crippen LogP contribution in [-0.4, -0.2) is 43.9 Å². The van der Waals surface area contributed by atoms with Gasteiger partial charge >= 0.3 is 11.9 Å². The number of rotatable bonds is 7. The Bertz CT molecular complexity index is 513. The molecule has 0 saturated heterocycles.